The number of aliphatic imine (C=N–C) groups is 1. The molecule has 2 aromatic rings. The average Bonchev–Trinajstić information content (AvgIpc) is 2.84. The van der Waals surface area contributed by atoms with Crippen LogP contribution in [0.3, 0.4) is 0 Å². The third-order valence-electron chi connectivity index (χ3n) is 3.43. The molecule has 1 aliphatic heterocycles. The van der Waals surface area contributed by atoms with E-state index in [1.54, 1.807) is 35.2 Å². The third-order valence-corrected chi connectivity index (χ3v) is 4.16. The Kier molecular flexibility index (Phi) is 3.74. The smallest absolute Gasteiger partial charge is 0.196 e. The summed E-state index contributed by atoms with van der Waals surface area (Å²) >= 11 is 12.0. The number of para-hydroxylation sites is 1. The Morgan fingerprint density at radius 1 is 1.14 bits per heavy atom. The molecule has 2 N–H and O–H groups in total. The fourth-order valence-corrected chi connectivity index (χ4v) is 2.72. The van der Waals surface area contributed by atoms with Gasteiger partial charge in [-0.05, 0) is 29.8 Å². The molecule has 0 aliphatic carbocycles. The summed E-state index contributed by atoms with van der Waals surface area (Å²) in [6.07, 6.45) is 0. The second kappa shape index (κ2) is 5.54. The van der Waals surface area contributed by atoms with Crippen LogP contribution in [0.5, 0.6) is 0 Å². The quantitative estimate of drug-likeness (QED) is 0.907. The Morgan fingerprint density at radius 3 is 2.62 bits per heavy atom. The molecular weight excluding hydrogens is 312 g/mol. The van der Waals surface area contributed by atoms with Crippen molar-refractivity contribution in [2.45, 2.75) is 6.04 Å². The van der Waals surface area contributed by atoms with Crippen molar-refractivity contribution in [3.63, 3.8) is 0 Å². The number of benzene rings is 2. The molecule has 0 aromatic heterocycles. The molecule has 0 bridgehead atoms. The Balaban J connectivity index is 2.03. The van der Waals surface area contributed by atoms with Gasteiger partial charge in [-0.1, -0.05) is 41.4 Å². The molecule has 2 aromatic carbocycles. The summed E-state index contributed by atoms with van der Waals surface area (Å²) in [7, 11) is 0. The second-order valence-electron chi connectivity index (χ2n) is 4.71. The Morgan fingerprint density at radius 2 is 1.90 bits per heavy atom. The van der Waals surface area contributed by atoms with Crippen LogP contribution in [-0.4, -0.2) is 12.5 Å². The van der Waals surface area contributed by atoms with Crippen LogP contribution < -0.4 is 10.6 Å². The number of hydrogen-bond acceptors (Lipinski definition) is 3. The summed E-state index contributed by atoms with van der Waals surface area (Å²) in [4.78, 5) is 5.90. The molecule has 1 aliphatic rings. The van der Waals surface area contributed by atoms with Gasteiger partial charge in [0.1, 0.15) is 5.82 Å². The number of hydrogen-bond donors (Lipinski definition) is 1. The second-order valence-corrected chi connectivity index (χ2v) is 5.52. The summed E-state index contributed by atoms with van der Waals surface area (Å²) < 4.78 is 14.0. The minimum Gasteiger partial charge on any atom is -0.369 e. The lowest BCUT2D eigenvalue weighted by Crippen LogP contribution is -2.36. The highest BCUT2D eigenvalue weighted by molar-refractivity contribution is 6.42. The number of nitrogens with two attached hydrogens (primary N) is 1. The SMILES string of the molecule is NC1=NCC(c2ccc(Cl)c(Cl)c2)N1c1ccccc1F. The van der Waals surface area contributed by atoms with E-state index in [1.807, 2.05) is 6.07 Å². The summed E-state index contributed by atoms with van der Waals surface area (Å²) in [5.41, 5.74) is 7.21. The monoisotopic (exact) mass is 323 g/mol. The van der Waals surface area contributed by atoms with Crippen LogP contribution in [0, 0.1) is 5.82 Å². The van der Waals surface area contributed by atoms with E-state index in [0.29, 0.717) is 22.3 Å². The fourth-order valence-electron chi connectivity index (χ4n) is 2.41. The number of halogens is 3. The highest BCUT2D eigenvalue weighted by atomic mass is 35.5. The van der Waals surface area contributed by atoms with Crippen LogP contribution in [0.1, 0.15) is 11.6 Å². The normalized spacial score (nSPS) is 18.0. The summed E-state index contributed by atoms with van der Waals surface area (Å²) in [5, 5.41) is 0.929. The lowest BCUT2D eigenvalue weighted by molar-refractivity contribution is 0.619. The van der Waals surface area contributed by atoms with Crippen LogP contribution >= 0.6 is 23.2 Å². The average molecular weight is 324 g/mol. The predicted molar refractivity (Wildman–Crippen MR) is 84.6 cm³/mol. The molecule has 3 rings (SSSR count). The van der Waals surface area contributed by atoms with Crippen LogP contribution in [0.15, 0.2) is 47.5 Å². The predicted octanol–water partition coefficient (Wildman–Crippen LogP) is 4.01. The molecule has 21 heavy (non-hydrogen) atoms. The van der Waals surface area contributed by atoms with Crippen molar-refractivity contribution < 1.29 is 4.39 Å². The van der Waals surface area contributed by atoms with Crippen molar-refractivity contribution in [1.82, 2.24) is 0 Å². The lowest BCUT2D eigenvalue weighted by atomic mass is 10.1. The summed E-state index contributed by atoms with van der Waals surface area (Å²) in [6, 6.07) is 11.6. The molecule has 0 fully saturated rings. The molecule has 1 atom stereocenters. The standard InChI is InChI=1S/C15H12Cl2FN3/c16-10-6-5-9(7-11(10)17)14-8-20-15(19)21(14)13-4-2-1-3-12(13)18/h1-7,14H,8H2,(H2,19,20). The van der Waals surface area contributed by atoms with Gasteiger partial charge < -0.3 is 10.6 Å². The Bertz CT molecular complexity index is 718. The first-order chi connectivity index (χ1) is 10.1. The largest absolute Gasteiger partial charge is 0.369 e. The van der Waals surface area contributed by atoms with Crippen LogP contribution in [0.4, 0.5) is 10.1 Å². The molecule has 6 heteroatoms. The molecule has 1 unspecified atom stereocenters. The van der Waals surface area contributed by atoms with E-state index in [0.717, 1.165) is 5.56 Å². The van der Waals surface area contributed by atoms with E-state index in [4.69, 9.17) is 28.9 Å². The van der Waals surface area contributed by atoms with Gasteiger partial charge in [-0.25, -0.2) is 4.39 Å². The zero-order valence-electron chi connectivity index (χ0n) is 10.9. The minimum atomic E-state index is -0.345. The molecular formula is C15H12Cl2FN3. The van der Waals surface area contributed by atoms with Gasteiger partial charge >= 0.3 is 0 Å². The maximum atomic E-state index is 14.0. The van der Waals surface area contributed by atoms with Gasteiger partial charge in [-0.15, -0.1) is 0 Å². The first-order valence-corrected chi connectivity index (χ1v) is 7.12. The number of guanidine groups is 1. The van der Waals surface area contributed by atoms with Gasteiger partial charge in [0.15, 0.2) is 5.96 Å². The van der Waals surface area contributed by atoms with Crippen molar-refractivity contribution in [2.24, 2.45) is 10.7 Å². The number of rotatable bonds is 2. The van der Waals surface area contributed by atoms with Crippen molar-refractivity contribution in [1.29, 1.82) is 0 Å². The van der Waals surface area contributed by atoms with Crippen LogP contribution in [-0.2, 0) is 0 Å². The van der Waals surface area contributed by atoms with Gasteiger partial charge in [0.2, 0.25) is 0 Å². The Hall–Kier alpha value is -1.78. The molecule has 0 radical (unpaired) electrons. The lowest BCUT2D eigenvalue weighted by Gasteiger charge is -2.27. The molecule has 0 saturated carbocycles. The first-order valence-electron chi connectivity index (χ1n) is 6.36. The topological polar surface area (TPSA) is 41.6 Å². The fraction of sp³-hybridized carbons (Fsp3) is 0.133. The summed E-state index contributed by atoms with van der Waals surface area (Å²) in [6.45, 7) is 0.443. The zero-order chi connectivity index (χ0) is 15.0. The Labute approximate surface area is 131 Å². The first kappa shape index (κ1) is 14.2. The summed E-state index contributed by atoms with van der Waals surface area (Å²) in [5.74, 6) is -0.0567. The van der Waals surface area contributed by atoms with Crippen molar-refractivity contribution in [3.8, 4) is 0 Å². The molecule has 3 nitrogen and oxygen atoms in total. The van der Waals surface area contributed by atoms with E-state index < -0.39 is 0 Å². The van der Waals surface area contributed by atoms with E-state index in [9.17, 15) is 4.39 Å². The number of nitrogens with zero attached hydrogens (tertiary/aromatic N) is 2. The minimum absolute atomic E-state index is 0.198. The van der Waals surface area contributed by atoms with Crippen molar-refractivity contribution >= 4 is 34.8 Å². The van der Waals surface area contributed by atoms with Gasteiger partial charge in [0.25, 0.3) is 0 Å². The molecule has 0 amide bonds. The van der Waals surface area contributed by atoms with Crippen molar-refractivity contribution in [2.75, 3.05) is 11.4 Å². The van der Waals surface area contributed by atoms with Crippen LogP contribution in [0.25, 0.3) is 0 Å². The van der Waals surface area contributed by atoms with E-state index in [-0.39, 0.29) is 17.8 Å². The highest BCUT2D eigenvalue weighted by Gasteiger charge is 2.30. The van der Waals surface area contributed by atoms with E-state index in [2.05, 4.69) is 4.99 Å². The van der Waals surface area contributed by atoms with Crippen molar-refractivity contribution in [3.05, 3.63) is 63.9 Å². The number of anilines is 1. The molecule has 0 saturated heterocycles. The van der Waals surface area contributed by atoms with Crippen LogP contribution in [0.2, 0.25) is 10.0 Å². The zero-order valence-corrected chi connectivity index (χ0v) is 12.4. The van der Waals surface area contributed by atoms with E-state index in [1.165, 1.54) is 6.07 Å². The third kappa shape index (κ3) is 2.57. The molecule has 1 heterocycles. The van der Waals surface area contributed by atoms with Gasteiger partial charge in [0, 0.05) is 0 Å². The van der Waals surface area contributed by atoms with E-state index >= 15 is 0 Å². The van der Waals surface area contributed by atoms with Gasteiger partial charge in [-0.2, -0.15) is 0 Å². The maximum Gasteiger partial charge on any atom is 0.196 e. The maximum absolute atomic E-state index is 14.0. The molecule has 0 spiro atoms. The molecule has 108 valence electrons. The van der Waals surface area contributed by atoms with Gasteiger partial charge in [0.05, 0.1) is 28.3 Å². The highest BCUT2D eigenvalue weighted by Crippen LogP contribution is 2.34. The van der Waals surface area contributed by atoms with Gasteiger partial charge in [-0.3, -0.25) is 4.99 Å².